The zero-order valence-electron chi connectivity index (χ0n) is 15.0. The lowest BCUT2D eigenvalue weighted by molar-refractivity contribution is 0.109. The highest BCUT2D eigenvalue weighted by atomic mass is 15.1. The second-order valence-corrected chi connectivity index (χ2v) is 7.50. The van der Waals surface area contributed by atoms with Crippen LogP contribution in [0.5, 0.6) is 0 Å². The lowest BCUT2D eigenvalue weighted by Crippen LogP contribution is -2.47. The smallest absolute Gasteiger partial charge is 0.0346 e. The van der Waals surface area contributed by atoms with E-state index in [1.807, 2.05) is 0 Å². The number of aryl methyl sites for hydroxylation is 1. The number of nitrogens with zero attached hydrogens (tertiary/aromatic N) is 1. The van der Waals surface area contributed by atoms with E-state index in [2.05, 4.69) is 50.8 Å². The van der Waals surface area contributed by atoms with Crippen molar-refractivity contribution in [3.8, 4) is 0 Å². The molecule has 0 aliphatic carbocycles. The highest BCUT2D eigenvalue weighted by Gasteiger charge is 2.37. The first-order valence-electron chi connectivity index (χ1n) is 9.06. The summed E-state index contributed by atoms with van der Waals surface area (Å²) in [6.07, 6.45) is 6.68. The van der Waals surface area contributed by atoms with Crippen LogP contribution in [0.4, 0.5) is 5.69 Å². The molecule has 1 heterocycles. The van der Waals surface area contributed by atoms with Gasteiger partial charge in [0, 0.05) is 12.2 Å². The third-order valence-electron chi connectivity index (χ3n) is 5.83. The van der Waals surface area contributed by atoms with E-state index in [0.717, 1.165) is 5.69 Å². The molecule has 22 heavy (non-hydrogen) atoms. The summed E-state index contributed by atoms with van der Waals surface area (Å²) in [4.78, 5) is 2.67. The van der Waals surface area contributed by atoms with E-state index in [4.69, 9.17) is 5.73 Å². The van der Waals surface area contributed by atoms with Crippen molar-refractivity contribution in [2.45, 2.75) is 65.2 Å². The summed E-state index contributed by atoms with van der Waals surface area (Å²) >= 11 is 0. The van der Waals surface area contributed by atoms with Crippen LogP contribution in [-0.4, -0.2) is 24.5 Å². The average Bonchev–Trinajstić information content (AvgIpc) is 2.50. The monoisotopic (exact) mass is 302 g/mol. The van der Waals surface area contributed by atoms with Gasteiger partial charge in [-0.25, -0.2) is 0 Å². The van der Waals surface area contributed by atoms with E-state index in [0.29, 0.717) is 5.92 Å². The van der Waals surface area contributed by atoms with Gasteiger partial charge in [0.15, 0.2) is 0 Å². The molecular formula is C20H34N2. The molecule has 1 aromatic carbocycles. The highest BCUT2D eigenvalue weighted by Crippen LogP contribution is 2.40. The molecule has 2 rings (SSSR count). The topological polar surface area (TPSA) is 29.3 Å². The van der Waals surface area contributed by atoms with E-state index in [1.54, 1.807) is 0 Å². The van der Waals surface area contributed by atoms with Crippen LogP contribution in [0, 0.1) is 12.8 Å². The molecule has 2 atom stereocenters. The molecule has 1 fully saturated rings. The Morgan fingerprint density at radius 2 is 2.05 bits per heavy atom. The molecule has 1 aromatic rings. The maximum absolute atomic E-state index is 6.14. The molecule has 2 N–H and O–H groups in total. The van der Waals surface area contributed by atoms with Crippen molar-refractivity contribution >= 4 is 5.69 Å². The van der Waals surface area contributed by atoms with Gasteiger partial charge in [-0.15, -0.1) is 0 Å². The van der Waals surface area contributed by atoms with E-state index < -0.39 is 0 Å². The molecule has 0 saturated carbocycles. The molecule has 1 saturated heterocycles. The third kappa shape index (κ3) is 3.84. The fourth-order valence-corrected chi connectivity index (χ4v) is 3.71. The lowest BCUT2D eigenvalue weighted by Gasteiger charge is -2.45. The maximum Gasteiger partial charge on any atom is 0.0346 e. The van der Waals surface area contributed by atoms with Crippen molar-refractivity contribution in [3.05, 3.63) is 29.3 Å². The number of hydrogen-bond acceptors (Lipinski definition) is 2. The molecule has 0 bridgehead atoms. The van der Waals surface area contributed by atoms with Gasteiger partial charge in [-0.05, 0) is 61.4 Å². The first kappa shape index (κ1) is 17.3. The number of benzene rings is 1. The zero-order valence-corrected chi connectivity index (χ0v) is 15.0. The largest absolute Gasteiger partial charge is 0.399 e. The summed E-state index contributed by atoms with van der Waals surface area (Å²) in [7, 11) is 0. The molecule has 0 amide bonds. The van der Waals surface area contributed by atoms with Crippen molar-refractivity contribution in [2.75, 3.05) is 25.4 Å². The van der Waals surface area contributed by atoms with Crippen LogP contribution in [0.2, 0.25) is 0 Å². The predicted molar refractivity (Wildman–Crippen MR) is 97.3 cm³/mol. The van der Waals surface area contributed by atoms with E-state index in [1.165, 1.54) is 62.9 Å². The van der Waals surface area contributed by atoms with Gasteiger partial charge in [0.1, 0.15) is 0 Å². The fourth-order valence-electron chi connectivity index (χ4n) is 3.71. The Morgan fingerprint density at radius 3 is 2.68 bits per heavy atom. The van der Waals surface area contributed by atoms with Gasteiger partial charge in [-0.1, -0.05) is 52.2 Å². The molecule has 0 unspecified atom stereocenters. The Bertz CT molecular complexity index is 483. The summed E-state index contributed by atoms with van der Waals surface area (Å²) < 4.78 is 0. The van der Waals surface area contributed by atoms with E-state index in [-0.39, 0.29) is 5.41 Å². The number of piperidine rings is 1. The number of nitrogen functional groups attached to an aromatic ring is 1. The summed E-state index contributed by atoms with van der Waals surface area (Å²) in [6, 6.07) is 6.68. The van der Waals surface area contributed by atoms with Crippen LogP contribution in [0.15, 0.2) is 18.2 Å². The molecule has 124 valence electrons. The average molecular weight is 303 g/mol. The maximum atomic E-state index is 6.14. The van der Waals surface area contributed by atoms with E-state index in [9.17, 15) is 0 Å². The first-order chi connectivity index (χ1) is 10.5. The number of likely N-dealkylation sites (tertiary alicyclic amines) is 1. The standard InChI is InChI=1S/C20H34N2/c1-5-6-7-8-12-22-13-11-20(4,17(3)15-22)18-10-9-16(2)19(21)14-18/h9-10,14,17H,5-8,11-13,15,21H2,1-4H3/t17-,20-/m0/s1. The van der Waals surface area contributed by atoms with Gasteiger partial charge in [0.05, 0.1) is 0 Å². The Balaban J connectivity index is 1.98. The number of anilines is 1. The summed E-state index contributed by atoms with van der Waals surface area (Å²) in [5.41, 5.74) is 9.96. The van der Waals surface area contributed by atoms with Crippen molar-refractivity contribution in [1.82, 2.24) is 4.90 Å². The Labute approximate surface area is 137 Å². The fraction of sp³-hybridized carbons (Fsp3) is 0.700. The number of rotatable bonds is 6. The minimum Gasteiger partial charge on any atom is -0.399 e. The summed E-state index contributed by atoms with van der Waals surface area (Å²) in [5, 5.41) is 0. The molecule has 1 aliphatic heterocycles. The Kier molecular flexibility index (Phi) is 5.91. The minimum absolute atomic E-state index is 0.266. The van der Waals surface area contributed by atoms with Crippen LogP contribution in [0.3, 0.4) is 0 Å². The van der Waals surface area contributed by atoms with Crippen LogP contribution >= 0.6 is 0 Å². The molecule has 2 heteroatoms. The van der Waals surface area contributed by atoms with Crippen molar-refractivity contribution in [2.24, 2.45) is 5.92 Å². The van der Waals surface area contributed by atoms with Gasteiger partial charge in [-0.2, -0.15) is 0 Å². The van der Waals surface area contributed by atoms with Crippen molar-refractivity contribution in [1.29, 1.82) is 0 Å². The second kappa shape index (κ2) is 7.50. The molecule has 0 spiro atoms. The van der Waals surface area contributed by atoms with Crippen LogP contribution < -0.4 is 5.73 Å². The SMILES string of the molecule is CCCCCCN1CC[C@](C)(c2ccc(C)c(N)c2)[C@@H](C)C1. The Morgan fingerprint density at radius 1 is 1.27 bits per heavy atom. The van der Waals surface area contributed by atoms with Crippen LogP contribution in [0.25, 0.3) is 0 Å². The second-order valence-electron chi connectivity index (χ2n) is 7.50. The molecule has 0 aromatic heterocycles. The summed E-state index contributed by atoms with van der Waals surface area (Å²) in [5.74, 6) is 0.675. The quantitative estimate of drug-likeness (QED) is 0.606. The van der Waals surface area contributed by atoms with Crippen molar-refractivity contribution in [3.63, 3.8) is 0 Å². The molecule has 2 nitrogen and oxygen atoms in total. The number of nitrogens with two attached hydrogens (primary N) is 1. The van der Waals surface area contributed by atoms with E-state index >= 15 is 0 Å². The Hall–Kier alpha value is -1.02. The molecule has 0 radical (unpaired) electrons. The first-order valence-corrected chi connectivity index (χ1v) is 9.06. The minimum atomic E-state index is 0.266. The van der Waals surface area contributed by atoms with Gasteiger partial charge < -0.3 is 10.6 Å². The third-order valence-corrected chi connectivity index (χ3v) is 5.83. The highest BCUT2D eigenvalue weighted by molar-refractivity contribution is 5.50. The van der Waals surface area contributed by atoms with Crippen molar-refractivity contribution < 1.29 is 0 Å². The summed E-state index contributed by atoms with van der Waals surface area (Å²) in [6.45, 7) is 12.9. The van der Waals surface area contributed by atoms with Crippen LogP contribution in [-0.2, 0) is 5.41 Å². The zero-order chi connectivity index (χ0) is 16.2. The van der Waals surface area contributed by atoms with Crippen LogP contribution in [0.1, 0.15) is 64.0 Å². The normalized spacial score (nSPS) is 26.3. The molecular weight excluding hydrogens is 268 g/mol. The van der Waals surface area contributed by atoms with Gasteiger partial charge >= 0.3 is 0 Å². The number of unbranched alkanes of at least 4 members (excludes halogenated alkanes) is 3. The van der Waals surface area contributed by atoms with Gasteiger partial charge in [-0.3, -0.25) is 0 Å². The predicted octanol–water partition coefficient (Wildman–Crippen LogP) is 4.76. The lowest BCUT2D eigenvalue weighted by atomic mass is 9.68. The van der Waals surface area contributed by atoms with Gasteiger partial charge in [0.2, 0.25) is 0 Å². The molecule has 1 aliphatic rings. The number of hydrogen-bond donors (Lipinski definition) is 1. The van der Waals surface area contributed by atoms with Gasteiger partial charge in [0.25, 0.3) is 0 Å².